The van der Waals surface area contributed by atoms with Crippen LogP contribution >= 0.6 is 0 Å². The number of nitrogens with zero attached hydrogens (tertiary/aromatic N) is 21. The van der Waals surface area contributed by atoms with E-state index in [9.17, 15) is 18.4 Å². The Morgan fingerprint density at radius 2 is 0.806 bits per heavy atom. The van der Waals surface area contributed by atoms with Gasteiger partial charge in [0.2, 0.25) is 23.8 Å². The summed E-state index contributed by atoms with van der Waals surface area (Å²) in [6.07, 6.45) is 10.1. The molecule has 5 fully saturated rings. The molecular weight excluding hydrogens is 1330 g/mol. The Morgan fingerprint density at radius 3 is 1.17 bits per heavy atom. The van der Waals surface area contributed by atoms with Gasteiger partial charge in [-0.1, -0.05) is 30.3 Å². The van der Waals surface area contributed by atoms with Crippen LogP contribution in [0.2, 0.25) is 0 Å². The normalized spacial score (nSPS) is 15.4. The van der Waals surface area contributed by atoms with Gasteiger partial charge in [-0.25, -0.2) is 48.7 Å². The van der Waals surface area contributed by atoms with E-state index in [1.165, 1.54) is 18.3 Å². The van der Waals surface area contributed by atoms with E-state index in [2.05, 4.69) is 105 Å². The van der Waals surface area contributed by atoms with Crippen molar-refractivity contribution in [3.63, 3.8) is 0 Å². The number of amides is 2. The van der Waals surface area contributed by atoms with E-state index in [4.69, 9.17) is 51.9 Å². The third-order valence-electron chi connectivity index (χ3n) is 16.9. The van der Waals surface area contributed by atoms with E-state index >= 15 is 0 Å². The molecule has 9 aromatic heterocycles. The minimum Gasteiger partial charge on any atom is -0.378 e. The molecule has 0 spiro atoms. The van der Waals surface area contributed by atoms with Crippen molar-refractivity contribution in [2.45, 2.75) is 18.9 Å². The zero-order chi connectivity index (χ0) is 70.9. The van der Waals surface area contributed by atoms with Crippen LogP contribution in [0.5, 0.6) is 0 Å². The maximum atomic E-state index is 14.1. The number of nitrogens with one attached hydrogen (secondary N) is 3. The Kier molecular flexibility index (Phi) is 20.1. The maximum Gasteiger partial charge on any atom is 0.251 e. The highest BCUT2D eigenvalue weighted by Crippen LogP contribution is 2.32. The van der Waals surface area contributed by atoms with Crippen molar-refractivity contribution in [2.75, 3.05) is 155 Å². The van der Waals surface area contributed by atoms with E-state index in [0.717, 1.165) is 48.8 Å². The molecule has 1 saturated carbocycles. The zero-order valence-corrected chi connectivity index (χ0v) is 55.5. The maximum absolute atomic E-state index is 14.1. The molecule has 4 saturated heterocycles. The van der Waals surface area contributed by atoms with Crippen molar-refractivity contribution >= 4 is 104 Å². The van der Waals surface area contributed by atoms with Crippen LogP contribution in [0.1, 0.15) is 33.6 Å². The van der Waals surface area contributed by atoms with Gasteiger partial charge in [0.1, 0.15) is 5.69 Å². The Hall–Kier alpha value is -12.4. The van der Waals surface area contributed by atoms with Crippen LogP contribution in [-0.4, -0.2) is 220 Å². The quantitative estimate of drug-likeness (QED) is 0.0950. The fourth-order valence-corrected chi connectivity index (χ4v) is 11.5. The molecule has 4 aliphatic heterocycles. The lowest BCUT2D eigenvalue weighted by Gasteiger charge is -2.28. The standard InChI is InChI=1S/C20H21N7O2.C18H19N7O2.C16H14F2N6O.C13H14N8O/c21-20-25-17-16(18(26-20)27-7-9-29-10-8-27)24-15(11-22-17)12-1-3-13(4-2-12)19(28)23-14-5-6-14;1-20-17(26)12-4-2-11(3-5-12)13-10-21-15-14(22-13)16(24-18(19)23-15)25-6-8-27-9-7-25;17-10-3-1-2-9(12(10)18)11-8-20-14-13(21-11)15(23-16(19)22-14)24-4-6-25-7-5-24;14-13-18-11-10(12(19-13)21-3-5-22-6-4-21)17-9(7-15-11)8-1-2-16-20-8/h1-4,11,14H,5-10H2,(H,23,28)(H2,21,22,25,26);2-5,10H,6-9H2,1H3,(H,20,26)(H2,19,21,23,24);1-3,8H,4-7H2,(H2,19,20,22,23);1-2,7H,3-6H2,(H,16,20)(H2,14,15,18,19). The van der Waals surface area contributed by atoms with Crippen LogP contribution in [0.3, 0.4) is 0 Å². The molecule has 2 amide bonds. The second-order valence-corrected chi connectivity index (χ2v) is 23.8. The topological polar surface area (TPSA) is 447 Å². The summed E-state index contributed by atoms with van der Waals surface area (Å²) in [5, 5.41) is 12.4. The first kappa shape index (κ1) is 67.8. The minimum absolute atomic E-state index is 0.0270. The van der Waals surface area contributed by atoms with E-state index < -0.39 is 11.6 Å². The number of aromatic amines is 1. The predicted octanol–water partition coefficient (Wildman–Crippen LogP) is 4.28. The van der Waals surface area contributed by atoms with Crippen LogP contribution in [0.15, 0.2) is 104 Å². The number of aromatic nitrogens is 18. The number of nitrogen functional groups attached to an aromatic ring is 4. The summed E-state index contributed by atoms with van der Waals surface area (Å²) in [5.74, 6) is 1.06. The second-order valence-electron chi connectivity index (χ2n) is 23.8. The summed E-state index contributed by atoms with van der Waals surface area (Å²) in [7, 11) is 1.60. The first-order valence-electron chi connectivity index (χ1n) is 33.0. The number of hydrogen-bond donors (Lipinski definition) is 7. The van der Waals surface area contributed by atoms with Crippen molar-refractivity contribution in [1.82, 2.24) is 101 Å². The summed E-state index contributed by atoms with van der Waals surface area (Å²) < 4.78 is 49.2. The molecule has 1 aliphatic carbocycles. The summed E-state index contributed by atoms with van der Waals surface area (Å²) in [6.45, 7) is 10.5. The van der Waals surface area contributed by atoms with Crippen LogP contribution in [-0.2, 0) is 18.9 Å². The molecule has 0 radical (unpaired) electrons. The van der Waals surface area contributed by atoms with E-state index in [-0.39, 0.29) is 46.9 Å². The highest BCUT2D eigenvalue weighted by atomic mass is 19.2. The molecule has 526 valence electrons. The highest BCUT2D eigenvalue weighted by molar-refractivity contribution is 5.96. The third-order valence-corrected chi connectivity index (χ3v) is 16.9. The molecule has 34 nitrogen and oxygen atoms in total. The Morgan fingerprint density at radius 1 is 0.447 bits per heavy atom. The first-order chi connectivity index (χ1) is 50.3. The van der Waals surface area contributed by atoms with Gasteiger partial charge in [0.25, 0.3) is 11.8 Å². The summed E-state index contributed by atoms with van der Waals surface area (Å²) in [4.78, 5) is 102. The summed E-state index contributed by atoms with van der Waals surface area (Å²) >= 11 is 0. The molecule has 103 heavy (non-hydrogen) atoms. The van der Waals surface area contributed by atoms with Crippen LogP contribution in [0, 0.1) is 11.6 Å². The fraction of sp³-hybridized carbons (Fsp3) is 0.299. The number of H-pyrrole nitrogens is 1. The van der Waals surface area contributed by atoms with Crippen LogP contribution in [0.25, 0.3) is 89.8 Å². The number of benzene rings is 3. The van der Waals surface area contributed by atoms with Gasteiger partial charge in [-0.15, -0.1) is 0 Å². The molecule has 36 heteroatoms. The van der Waals surface area contributed by atoms with Gasteiger partial charge < -0.3 is 72.1 Å². The lowest BCUT2D eigenvalue weighted by atomic mass is 10.1. The van der Waals surface area contributed by atoms with E-state index in [1.54, 1.807) is 56.1 Å². The number of rotatable bonds is 11. The monoisotopic (exact) mass is 1400 g/mol. The zero-order valence-electron chi connectivity index (χ0n) is 55.5. The van der Waals surface area contributed by atoms with Gasteiger partial charge >= 0.3 is 0 Å². The lowest BCUT2D eigenvalue weighted by Crippen LogP contribution is -2.37. The molecule has 12 aromatic rings. The van der Waals surface area contributed by atoms with Gasteiger partial charge in [-0.3, -0.25) is 14.7 Å². The number of fused-ring (bicyclic) bond motifs is 4. The molecule has 3 aromatic carbocycles. The third kappa shape index (κ3) is 15.6. The van der Waals surface area contributed by atoms with Gasteiger partial charge in [-0.2, -0.15) is 45.0 Å². The van der Waals surface area contributed by atoms with Crippen molar-refractivity contribution in [2.24, 2.45) is 0 Å². The van der Waals surface area contributed by atoms with Crippen LogP contribution < -0.4 is 53.2 Å². The average Bonchev–Trinajstić information content (AvgIpc) is 1.40. The van der Waals surface area contributed by atoms with E-state index in [1.807, 2.05) is 35.2 Å². The molecule has 17 rings (SSSR count). The first-order valence-corrected chi connectivity index (χ1v) is 33.0. The number of nitrogens with two attached hydrogens (primary N) is 4. The molecule has 11 N–H and O–H groups in total. The summed E-state index contributed by atoms with van der Waals surface area (Å²) in [5.41, 5.74) is 33.2. The van der Waals surface area contributed by atoms with Crippen molar-refractivity contribution in [3.8, 4) is 45.2 Å². The fourth-order valence-electron chi connectivity index (χ4n) is 11.5. The number of anilines is 8. The average molecular weight is 1400 g/mol. The number of hydrogen-bond acceptors (Lipinski definition) is 31. The molecule has 5 aliphatic rings. The smallest absolute Gasteiger partial charge is 0.251 e. The SMILES string of the molecule is CNC(=O)c1ccc(-c2cnc3nc(N)nc(N4CCOCC4)c3n2)cc1.Nc1nc(N2CCOCC2)c2nc(-c3ccc(C(=O)NC4CC4)cc3)cnc2n1.Nc1nc(N2CCOCC2)c2nc(-c3cccc(F)c3F)cnc2n1.Nc1nc(N2CCOCC2)c2nc(-c3ccn[nH]3)cnc2n1. The van der Waals surface area contributed by atoms with Crippen molar-refractivity contribution in [1.29, 1.82) is 0 Å². The summed E-state index contributed by atoms with van der Waals surface area (Å²) in [6, 6.07) is 20.6. The van der Waals surface area contributed by atoms with Crippen molar-refractivity contribution < 1.29 is 37.3 Å². The van der Waals surface area contributed by atoms with Gasteiger partial charge in [-0.05, 0) is 55.3 Å². The van der Waals surface area contributed by atoms with E-state index in [0.29, 0.717) is 194 Å². The minimum atomic E-state index is -0.972. The molecule has 0 unspecified atom stereocenters. The molecule has 0 atom stereocenters. The number of halogens is 2. The number of carbonyl (C=O) groups is 2. The highest BCUT2D eigenvalue weighted by Gasteiger charge is 2.27. The van der Waals surface area contributed by atoms with Gasteiger partial charge in [0.15, 0.2) is 79.6 Å². The predicted molar refractivity (Wildman–Crippen MR) is 378 cm³/mol. The van der Waals surface area contributed by atoms with Gasteiger partial charge in [0, 0.05) is 99.5 Å². The molecule has 0 bridgehead atoms. The number of carbonyl (C=O) groups excluding carboxylic acids is 2. The second kappa shape index (κ2) is 30.6. The Balaban J connectivity index is 0.000000117. The molecular formula is C67H68F2N28O6. The lowest BCUT2D eigenvalue weighted by molar-refractivity contribution is 0.0947. The Labute approximate surface area is 584 Å². The largest absolute Gasteiger partial charge is 0.378 e. The van der Waals surface area contributed by atoms with Crippen LogP contribution in [0.4, 0.5) is 55.8 Å². The molecule has 13 heterocycles. The Bertz CT molecular complexity index is 5050. The number of morpholine rings is 4. The number of ether oxygens (including phenoxy) is 4. The van der Waals surface area contributed by atoms with Crippen molar-refractivity contribution in [3.05, 3.63) is 127 Å². The van der Waals surface area contributed by atoms with Gasteiger partial charge in [0.05, 0.1) is 100 Å².